The van der Waals surface area contributed by atoms with Gasteiger partial charge in [-0.15, -0.1) is 0 Å². The van der Waals surface area contributed by atoms with Crippen LogP contribution in [0.1, 0.15) is 62.7 Å². The number of aromatic nitrogens is 2. The molecule has 7 heteroatoms. The van der Waals surface area contributed by atoms with Gasteiger partial charge in [-0.25, -0.2) is 4.98 Å². The minimum Gasteiger partial charge on any atom is -0.393 e. The smallest absolute Gasteiger partial charge is 0.254 e. The first-order valence-electron chi connectivity index (χ1n) is 9.65. The number of anilines is 2. The number of carbonyl (C=O) groups excluding carboxylic acids is 1. The van der Waals surface area contributed by atoms with Crippen molar-refractivity contribution in [3.05, 3.63) is 11.8 Å². The molecule has 1 aliphatic carbocycles. The lowest BCUT2D eigenvalue weighted by Crippen LogP contribution is -2.36. The Kier molecular flexibility index (Phi) is 3.65. The van der Waals surface area contributed by atoms with E-state index in [2.05, 4.69) is 20.6 Å². The van der Waals surface area contributed by atoms with Crippen LogP contribution < -0.4 is 16.4 Å². The highest BCUT2D eigenvalue weighted by atomic mass is 16.3. The molecule has 0 radical (unpaired) electrons. The van der Waals surface area contributed by atoms with E-state index in [0.717, 1.165) is 0 Å². The summed E-state index contributed by atoms with van der Waals surface area (Å²) in [6, 6.07) is -1.26. The van der Waals surface area contributed by atoms with Gasteiger partial charge in [-0.3, -0.25) is 4.79 Å². The average molecular weight is 325 g/mol. The average Bonchev–Trinajstić information content (AvgIpc) is 2.54. The van der Waals surface area contributed by atoms with Gasteiger partial charge in [-0.05, 0) is 45.9 Å². The van der Waals surface area contributed by atoms with Crippen LogP contribution in [0.2, 0.25) is 0 Å². The zero-order valence-corrected chi connectivity index (χ0v) is 13.8. The molecule has 0 bridgehead atoms. The summed E-state index contributed by atoms with van der Waals surface area (Å²) < 4.78 is 32.9. The first-order chi connectivity index (χ1) is 12.3. The molecule has 0 saturated heterocycles. The summed E-state index contributed by atoms with van der Waals surface area (Å²) in [5.41, 5.74) is 4.95. The molecule has 5 N–H and O–H groups in total. The van der Waals surface area contributed by atoms with E-state index in [1.807, 2.05) is 20.8 Å². The van der Waals surface area contributed by atoms with Gasteiger partial charge in [0.1, 0.15) is 5.82 Å². The van der Waals surface area contributed by atoms with Gasteiger partial charge in [-0.2, -0.15) is 4.98 Å². The third kappa shape index (κ3) is 4.79. The lowest BCUT2D eigenvalue weighted by molar-refractivity contribution is 0.0739. The standard InChI is InChI=1S/C16H27N5O2/c1-9-5-6-10(7-12(9)22)19-14-11(13(17)23)8-18-15(20-14)21-16(2,3)4/h8-10,12,22H,5-7H2,1-4H3,(H2,17,23)(H2,18,19,20,21)/i5D,6D2,7D. The van der Waals surface area contributed by atoms with Crippen molar-refractivity contribution in [2.45, 2.75) is 64.5 Å². The predicted molar refractivity (Wildman–Crippen MR) is 90.4 cm³/mol. The molecule has 1 saturated carbocycles. The number of nitrogens with one attached hydrogen (secondary N) is 2. The molecular weight excluding hydrogens is 294 g/mol. The molecule has 1 fully saturated rings. The van der Waals surface area contributed by atoms with Gasteiger partial charge >= 0.3 is 0 Å². The van der Waals surface area contributed by atoms with Crippen molar-refractivity contribution in [1.82, 2.24) is 9.97 Å². The number of nitrogens with two attached hydrogens (primary N) is 1. The number of hydrogen-bond acceptors (Lipinski definition) is 6. The second-order valence-electron chi connectivity index (χ2n) is 6.69. The maximum Gasteiger partial charge on any atom is 0.254 e. The largest absolute Gasteiger partial charge is 0.393 e. The molecule has 0 aliphatic heterocycles. The fraction of sp³-hybridized carbons (Fsp3) is 0.688. The Morgan fingerprint density at radius 3 is 2.83 bits per heavy atom. The highest BCUT2D eigenvalue weighted by Crippen LogP contribution is 2.27. The fourth-order valence-corrected chi connectivity index (χ4v) is 2.09. The van der Waals surface area contributed by atoms with Crippen molar-refractivity contribution in [3.63, 3.8) is 0 Å². The fourth-order valence-electron chi connectivity index (χ4n) is 2.09. The molecule has 0 aromatic carbocycles. The first kappa shape index (κ1) is 12.5. The van der Waals surface area contributed by atoms with E-state index in [1.54, 1.807) is 6.92 Å². The van der Waals surface area contributed by atoms with Crippen LogP contribution in [0.25, 0.3) is 0 Å². The third-order valence-electron chi connectivity index (χ3n) is 3.30. The number of amides is 1. The van der Waals surface area contributed by atoms with Gasteiger partial charge in [0, 0.05) is 23.3 Å². The quantitative estimate of drug-likeness (QED) is 0.671. The minimum absolute atomic E-state index is 0.0377. The number of aliphatic hydroxyl groups excluding tert-OH is 1. The molecule has 0 spiro atoms. The SMILES string of the molecule is [2H]C1C(O)C(C)C([2H])C([2H])([2H])C1Nc1nc(NC(C)(C)C)ncc1C(N)=O. The molecule has 1 aromatic rings. The van der Waals surface area contributed by atoms with Crippen molar-refractivity contribution in [3.8, 4) is 0 Å². The number of primary amides is 1. The summed E-state index contributed by atoms with van der Waals surface area (Å²) in [6.07, 6.45) is -4.62. The normalized spacial score (nSPS) is 36.1. The Balaban J connectivity index is 2.44. The molecule has 23 heavy (non-hydrogen) atoms. The highest BCUT2D eigenvalue weighted by Gasteiger charge is 2.27. The van der Waals surface area contributed by atoms with E-state index < -0.39 is 43.1 Å². The van der Waals surface area contributed by atoms with Gasteiger partial charge in [0.2, 0.25) is 5.95 Å². The van der Waals surface area contributed by atoms with Crippen molar-refractivity contribution < 1.29 is 15.4 Å². The Hall–Kier alpha value is -1.89. The second kappa shape index (κ2) is 6.70. The van der Waals surface area contributed by atoms with Crippen LogP contribution in [-0.2, 0) is 0 Å². The van der Waals surface area contributed by atoms with Gasteiger partial charge in [0.05, 0.1) is 11.7 Å². The molecule has 2 rings (SSSR count). The molecule has 128 valence electrons. The number of carbonyl (C=O) groups is 1. The summed E-state index contributed by atoms with van der Waals surface area (Å²) in [4.78, 5) is 20.0. The molecular formula is C16H27N5O2. The monoisotopic (exact) mass is 325 g/mol. The number of rotatable bonds is 4. The molecule has 1 heterocycles. The van der Waals surface area contributed by atoms with Gasteiger partial charge in [-0.1, -0.05) is 6.92 Å². The topological polar surface area (TPSA) is 113 Å². The van der Waals surface area contributed by atoms with Crippen LogP contribution in [-0.4, -0.2) is 38.7 Å². The zero-order valence-electron chi connectivity index (χ0n) is 17.8. The Morgan fingerprint density at radius 2 is 2.22 bits per heavy atom. The van der Waals surface area contributed by atoms with Crippen molar-refractivity contribution in [1.29, 1.82) is 0 Å². The van der Waals surface area contributed by atoms with Crippen LogP contribution in [0.3, 0.4) is 0 Å². The van der Waals surface area contributed by atoms with E-state index in [1.165, 1.54) is 6.20 Å². The molecule has 1 aromatic heterocycles. The number of hydrogen-bond donors (Lipinski definition) is 4. The third-order valence-corrected chi connectivity index (χ3v) is 3.30. The van der Waals surface area contributed by atoms with Gasteiger partial charge in [0.25, 0.3) is 5.91 Å². The molecule has 5 unspecified atom stereocenters. The summed E-state index contributed by atoms with van der Waals surface area (Å²) in [6.45, 7) is 7.23. The Bertz CT molecular complexity index is 713. The minimum atomic E-state index is -2.14. The molecule has 1 aliphatic rings. The van der Waals surface area contributed by atoms with Crippen LogP contribution in [0.15, 0.2) is 6.20 Å². The van der Waals surface area contributed by atoms with Crippen LogP contribution in [0.4, 0.5) is 11.8 Å². The van der Waals surface area contributed by atoms with Crippen molar-refractivity contribution in [2.24, 2.45) is 11.7 Å². The van der Waals surface area contributed by atoms with E-state index in [4.69, 9.17) is 11.2 Å². The maximum absolute atomic E-state index is 11.7. The first-order valence-corrected chi connectivity index (χ1v) is 7.50. The van der Waals surface area contributed by atoms with Crippen molar-refractivity contribution in [2.75, 3.05) is 10.6 Å². The Morgan fingerprint density at radius 1 is 1.52 bits per heavy atom. The van der Waals surface area contributed by atoms with Crippen LogP contribution in [0.5, 0.6) is 0 Å². The number of nitrogens with zero attached hydrogens (tertiary/aromatic N) is 2. The maximum atomic E-state index is 11.7. The lowest BCUT2D eigenvalue weighted by atomic mass is 9.85. The van der Waals surface area contributed by atoms with Crippen LogP contribution >= 0.6 is 0 Å². The van der Waals surface area contributed by atoms with E-state index >= 15 is 0 Å². The molecule has 5 atom stereocenters. The Labute approximate surface area is 142 Å². The van der Waals surface area contributed by atoms with Gasteiger partial charge in [0.15, 0.2) is 0 Å². The van der Waals surface area contributed by atoms with Gasteiger partial charge < -0.3 is 21.5 Å². The van der Waals surface area contributed by atoms with Crippen molar-refractivity contribution >= 4 is 17.7 Å². The van der Waals surface area contributed by atoms with Crippen LogP contribution in [0, 0.1) is 5.92 Å². The van der Waals surface area contributed by atoms with E-state index in [9.17, 15) is 9.90 Å². The van der Waals surface area contributed by atoms with E-state index in [0.29, 0.717) is 0 Å². The zero-order chi connectivity index (χ0) is 20.7. The number of aliphatic hydroxyl groups is 1. The molecule has 7 nitrogen and oxygen atoms in total. The summed E-state index contributed by atoms with van der Waals surface area (Å²) in [5, 5.41) is 16.0. The molecule has 1 amide bonds. The lowest BCUT2D eigenvalue weighted by Gasteiger charge is -2.32. The predicted octanol–water partition coefficient (Wildman–Crippen LogP) is 1.75. The second-order valence-corrected chi connectivity index (χ2v) is 6.69. The summed E-state index contributed by atoms with van der Waals surface area (Å²) >= 11 is 0. The van der Waals surface area contributed by atoms with E-state index in [-0.39, 0.29) is 22.9 Å². The summed E-state index contributed by atoms with van der Waals surface area (Å²) in [7, 11) is 0. The summed E-state index contributed by atoms with van der Waals surface area (Å²) in [5.74, 6) is -1.36. The highest BCUT2D eigenvalue weighted by molar-refractivity contribution is 5.97.